The first-order valence-corrected chi connectivity index (χ1v) is 10.0. The predicted octanol–water partition coefficient (Wildman–Crippen LogP) is 2.37. The van der Waals surface area contributed by atoms with Gasteiger partial charge in [0.2, 0.25) is 0 Å². The molecule has 0 bridgehead atoms. The molecule has 0 saturated carbocycles. The lowest BCUT2D eigenvalue weighted by atomic mass is 10.1. The lowest BCUT2D eigenvalue weighted by molar-refractivity contribution is 0.0166. The SMILES string of the molecule is CC(C)Cn1nc(C(=O)NCCCOCC2CCCO2)c2ccccc2c1=O. The molecule has 1 saturated heterocycles. The summed E-state index contributed by atoms with van der Waals surface area (Å²) < 4.78 is 12.5. The molecule has 0 spiro atoms. The minimum atomic E-state index is -0.271. The van der Waals surface area contributed by atoms with Crippen LogP contribution in [0.5, 0.6) is 0 Å². The van der Waals surface area contributed by atoms with Crippen LogP contribution in [0.25, 0.3) is 10.8 Å². The van der Waals surface area contributed by atoms with Crippen molar-refractivity contribution < 1.29 is 14.3 Å². The van der Waals surface area contributed by atoms with Gasteiger partial charge in [0.25, 0.3) is 11.5 Å². The summed E-state index contributed by atoms with van der Waals surface area (Å²) >= 11 is 0. The number of ether oxygens (including phenoxy) is 2. The molecule has 1 fully saturated rings. The van der Waals surface area contributed by atoms with Crippen LogP contribution in [0, 0.1) is 5.92 Å². The number of carbonyl (C=O) groups excluding carboxylic acids is 1. The second-order valence-electron chi connectivity index (χ2n) is 7.59. The normalized spacial score (nSPS) is 16.8. The zero-order valence-corrected chi connectivity index (χ0v) is 16.6. The lowest BCUT2D eigenvalue weighted by Gasteiger charge is -2.13. The van der Waals surface area contributed by atoms with Gasteiger partial charge in [-0.2, -0.15) is 5.10 Å². The number of rotatable bonds is 9. The summed E-state index contributed by atoms with van der Waals surface area (Å²) in [6.45, 7) is 7.00. The van der Waals surface area contributed by atoms with Crippen molar-refractivity contribution in [1.29, 1.82) is 0 Å². The molecule has 1 amide bonds. The van der Waals surface area contributed by atoms with Crippen LogP contribution in [0.4, 0.5) is 0 Å². The van der Waals surface area contributed by atoms with E-state index >= 15 is 0 Å². The minimum Gasteiger partial charge on any atom is -0.379 e. The maximum atomic E-state index is 12.7. The van der Waals surface area contributed by atoms with Gasteiger partial charge in [0.1, 0.15) is 0 Å². The van der Waals surface area contributed by atoms with Crippen LogP contribution in [0.2, 0.25) is 0 Å². The Hall–Kier alpha value is -2.25. The molecular weight excluding hydrogens is 358 g/mol. The van der Waals surface area contributed by atoms with E-state index in [-0.39, 0.29) is 29.2 Å². The van der Waals surface area contributed by atoms with E-state index < -0.39 is 0 Å². The van der Waals surface area contributed by atoms with Gasteiger partial charge in [-0.3, -0.25) is 9.59 Å². The summed E-state index contributed by atoms with van der Waals surface area (Å²) in [5, 5.41) is 8.34. The van der Waals surface area contributed by atoms with Gasteiger partial charge in [-0.25, -0.2) is 4.68 Å². The Balaban J connectivity index is 1.60. The molecule has 1 aliphatic heterocycles. The second kappa shape index (κ2) is 9.80. The summed E-state index contributed by atoms with van der Waals surface area (Å²) in [5.41, 5.74) is 0.125. The molecule has 1 atom stereocenters. The smallest absolute Gasteiger partial charge is 0.274 e. The molecule has 152 valence electrons. The quantitative estimate of drug-likeness (QED) is 0.668. The highest BCUT2D eigenvalue weighted by Crippen LogP contribution is 2.14. The van der Waals surface area contributed by atoms with Crippen molar-refractivity contribution in [2.24, 2.45) is 5.92 Å². The number of nitrogens with zero attached hydrogens (tertiary/aromatic N) is 2. The molecule has 28 heavy (non-hydrogen) atoms. The average molecular weight is 387 g/mol. The van der Waals surface area contributed by atoms with Crippen molar-refractivity contribution >= 4 is 16.7 Å². The highest BCUT2D eigenvalue weighted by atomic mass is 16.5. The first-order valence-electron chi connectivity index (χ1n) is 10.0. The molecule has 1 N–H and O–H groups in total. The van der Waals surface area contributed by atoms with E-state index in [1.807, 2.05) is 19.9 Å². The number of amides is 1. The van der Waals surface area contributed by atoms with Crippen LogP contribution in [0.1, 0.15) is 43.6 Å². The van der Waals surface area contributed by atoms with Crippen LogP contribution in [-0.4, -0.2) is 48.2 Å². The van der Waals surface area contributed by atoms with Crippen LogP contribution in [-0.2, 0) is 16.0 Å². The van der Waals surface area contributed by atoms with Gasteiger partial charge < -0.3 is 14.8 Å². The third-order valence-corrected chi connectivity index (χ3v) is 4.70. The molecule has 1 aromatic heterocycles. The maximum absolute atomic E-state index is 12.7. The summed E-state index contributed by atoms with van der Waals surface area (Å²) in [6, 6.07) is 7.12. The van der Waals surface area contributed by atoms with Gasteiger partial charge in [-0.15, -0.1) is 0 Å². The zero-order chi connectivity index (χ0) is 19.9. The number of carbonyl (C=O) groups is 1. The molecule has 0 radical (unpaired) electrons. The molecule has 2 heterocycles. The van der Waals surface area contributed by atoms with E-state index in [1.165, 1.54) is 4.68 Å². The lowest BCUT2D eigenvalue weighted by Crippen LogP contribution is -2.32. The first kappa shape index (κ1) is 20.5. The van der Waals surface area contributed by atoms with Crippen molar-refractivity contribution in [2.45, 2.75) is 45.8 Å². The number of aromatic nitrogens is 2. The van der Waals surface area contributed by atoms with Gasteiger partial charge in [0.05, 0.1) is 18.1 Å². The summed E-state index contributed by atoms with van der Waals surface area (Å²) in [5.74, 6) is -0.0175. The van der Waals surface area contributed by atoms with Crippen LogP contribution < -0.4 is 10.9 Å². The Labute approximate surface area is 165 Å². The van der Waals surface area contributed by atoms with Gasteiger partial charge in [0, 0.05) is 31.7 Å². The third kappa shape index (κ3) is 5.17. The van der Waals surface area contributed by atoms with E-state index in [2.05, 4.69) is 10.4 Å². The topological polar surface area (TPSA) is 82.5 Å². The molecule has 1 aliphatic rings. The second-order valence-corrected chi connectivity index (χ2v) is 7.59. The largest absolute Gasteiger partial charge is 0.379 e. The van der Waals surface area contributed by atoms with Gasteiger partial charge in [0.15, 0.2) is 5.69 Å². The summed E-state index contributed by atoms with van der Waals surface area (Å²) in [6.07, 6.45) is 3.08. The molecule has 7 nitrogen and oxygen atoms in total. The molecule has 0 aliphatic carbocycles. The Kier molecular flexibility index (Phi) is 7.17. The Morgan fingerprint density at radius 1 is 1.36 bits per heavy atom. The molecule has 1 aromatic carbocycles. The van der Waals surface area contributed by atoms with Crippen molar-refractivity contribution in [3.63, 3.8) is 0 Å². The fraction of sp³-hybridized carbons (Fsp3) is 0.571. The summed E-state index contributed by atoms with van der Waals surface area (Å²) in [4.78, 5) is 25.3. The Bertz CT molecular complexity index is 856. The van der Waals surface area contributed by atoms with Crippen LogP contribution in [0.15, 0.2) is 29.1 Å². The third-order valence-electron chi connectivity index (χ3n) is 4.70. The molecule has 7 heteroatoms. The zero-order valence-electron chi connectivity index (χ0n) is 16.6. The number of fused-ring (bicyclic) bond motifs is 1. The van der Waals surface area contributed by atoms with E-state index in [4.69, 9.17) is 9.47 Å². The van der Waals surface area contributed by atoms with E-state index in [1.54, 1.807) is 18.2 Å². The monoisotopic (exact) mass is 387 g/mol. The van der Waals surface area contributed by atoms with Gasteiger partial charge >= 0.3 is 0 Å². The van der Waals surface area contributed by atoms with Crippen molar-refractivity contribution in [3.8, 4) is 0 Å². The first-order chi connectivity index (χ1) is 13.6. The molecule has 1 unspecified atom stereocenters. The molecular formula is C21H29N3O4. The van der Waals surface area contributed by atoms with Crippen molar-refractivity contribution in [2.75, 3.05) is 26.4 Å². The number of hydrogen-bond acceptors (Lipinski definition) is 5. The average Bonchev–Trinajstić information content (AvgIpc) is 3.20. The maximum Gasteiger partial charge on any atom is 0.274 e. The fourth-order valence-corrected chi connectivity index (χ4v) is 3.32. The highest BCUT2D eigenvalue weighted by molar-refractivity contribution is 6.04. The van der Waals surface area contributed by atoms with E-state index in [9.17, 15) is 9.59 Å². The number of hydrogen-bond donors (Lipinski definition) is 1. The fourth-order valence-electron chi connectivity index (χ4n) is 3.32. The minimum absolute atomic E-state index is 0.164. The number of benzene rings is 1. The van der Waals surface area contributed by atoms with Crippen molar-refractivity contribution in [1.82, 2.24) is 15.1 Å². The highest BCUT2D eigenvalue weighted by Gasteiger charge is 2.17. The van der Waals surface area contributed by atoms with Crippen molar-refractivity contribution in [3.05, 3.63) is 40.3 Å². The van der Waals surface area contributed by atoms with Gasteiger partial charge in [-0.1, -0.05) is 32.0 Å². The Morgan fingerprint density at radius 2 is 2.14 bits per heavy atom. The Morgan fingerprint density at radius 3 is 2.86 bits per heavy atom. The molecule has 3 rings (SSSR count). The van der Waals surface area contributed by atoms with Crippen LogP contribution >= 0.6 is 0 Å². The van der Waals surface area contributed by atoms with Crippen LogP contribution in [0.3, 0.4) is 0 Å². The summed E-state index contributed by atoms with van der Waals surface area (Å²) in [7, 11) is 0. The standard InChI is InChI=1S/C21H29N3O4/c1-15(2)13-24-21(26)18-9-4-3-8-17(18)19(23-24)20(25)22-10-6-11-27-14-16-7-5-12-28-16/h3-4,8-9,15-16H,5-7,10-14H2,1-2H3,(H,22,25). The molecule has 2 aromatic rings. The van der Waals surface area contributed by atoms with Gasteiger partial charge in [-0.05, 0) is 31.2 Å². The number of nitrogens with one attached hydrogen (secondary N) is 1. The predicted molar refractivity (Wildman–Crippen MR) is 108 cm³/mol. The van der Waals surface area contributed by atoms with E-state index in [0.29, 0.717) is 43.5 Å². The van der Waals surface area contributed by atoms with E-state index in [0.717, 1.165) is 19.4 Å².